The summed E-state index contributed by atoms with van der Waals surface area (Å²) >= 11 is 0. The average Bonchev–Trinajstić information content (AvgIpc) is 3.16. The van der Waals surface area contributed by atoms with Crippen LogP contribution in [0.5, 0.6) is 0 Å². The third-order valence-electron chi connectivity index (χ3n) is 5.78. The van der Waals surface area contributed by atoms with Gasteiger partial charge in [-0.25, -0.2) is 13.1 Å². The zero-order chi connectivity index (χ0) is 22.8. The number of nitrogens with zero attached hydrogens (tertiary/aromatic N) is 5. The Morgan fingerprint density at radius 1 is 1.09 bits per heavy atom. The van der Waals surface area contributed by atoms with E-state index in [2.05, 4.69) is 31.1 Å². The molecular weight excluding hydrogens is 436 g/mol. The second-order valence-electron chi connectivity index (χ2n) is 8.31. The first kappa shape index (κ1) is 21.4. The molecule has 0 atom stereocenters. The molecule has 5 rings (SSSR count). The van der Waals surface area contributed by atoms with E-state index in [-0.39, 0.29) is 12.3 Å². The number of nitrogens with one attached hydrogen (secondary N) is 1. The van der Waals surface area contributed by atoms with Crippen molar-refractivity contribution in [2.24, 2.45) is 17.3 Å². The molecule has 168 valence electrons. The molecule has 0 saturated heterocycles. The Balaban J connectivity index is 1.35. The molecule has 1 N–H and O–H groups in total. The molecule has 2 aliphatic rings. The van der Waals surface area contributed by atoms with Gasteiger partial charge in [-0.15, -0.1) is 0 Å². The van der Waals surface area contributed by atoms with Crippen molar-refractivity contribution in [2.45, 2.75) is 18.6 Å². The van der Waals surface area contributed by atoms with Gasteiger partial charge in [-0.05, 0) is 46.4 Å². The summed E-state index contributed by atoms with van der Waals surface area (Å²) in [6.07, 6.45) is 12.7. The van der Waals surface area contributed by atoms with Gasteiger partial charge in [0, 0.05) is 49.7 Å². The third-order valence-corrected chi connectivity index (χ3v) is 7.08. The van der Waals surface area contributed by atoms with E-state index in [4.69, 9.17) is 0 Å². The lowest BCUT2D eigenvalue weighted by atomic mass is 9.98. The topological polar surface area (TPSA) is 102 Å². The van der Waals surface area contributed by atoms with Crippen molar-refractivity contribution in [1.29, 1.82) is 0 Å². The molecule has 1 aromatic carbocycles. The maximum Gasteiger partial charge on any atom is 0.216 e. The van der Waals surface area contributed by atoms with E-state index in [1.807, 2.05) is 56.0 Å². The quantitative estimate of drug-likeness (QED) is 0.474. The molecule has 8 nitrogen and oxygen atoms in total. The number of fused-ring (bicyclic) bond motifs is 2. The lowest BCUT2D eigenvalue weighted by Crippen LogP contribution is -2.27. The van der Waals surface area contributed by atoms with Crippen LogP contribution < -0.4 is 4.72 Å². The molecule has 1 aliphatic carbocycles. The fraction of sp³-hybridized carbons (Fsp3) is 0.250. The summed E-state index contributed by atoms with van der Waals surface area (Å²) in [7, 11) is -1.58. The number of pyridine rings is 1. The zero-order valence-electron chi connectivity index (χ0n) is 18.3. The predicted octanol–water partition coefficient (Wildman–Crippen LogP) is 3.72. The van der Waals surface area contributed by atoms with Crippen molar-refractivity contribution in [2.75, 3.05) is 13.1 Å². The molecular formula is C24H24N6O2S. The number of aromatic nitrogens is 3. The monoisotopic (exact) mass is 460 g/mol. The number of azo groups is 1. The van der Waals surface area contributed by atoms with E-state index in [1.54, 1.807) is 10.9 Å². The number of sulfonamides is 1. The van der Waals surface area contributed by atoms with E-state index in [0.717, 1.165) is 51.1 Å². The summed E-state index contributed by atoms with van der Waals surface area (Å²) in [5.74, 6) is -0.0698. The van der Waals surface area contributed by atoms with Crippen molar-refractivity contribution in [3.05, 3.63) is 82.6 Å². The molecule has 1 aliphatic heterocycles. The van der Waals surface area contributed by atoms with Gasteiger partial charge in [0.2, 0.25) is 10.0 Å². The second-order valence-corrected chi connectivity index (χ2v) is 10.1. The molecule has 33 heavy (non-hydrogen) atoms. The summed E-state index contributed by atoms with van der Waals surface area (Å²) < 4.78 is 29.8. The van der Waals surface area contributed by atoms with Gasteiger partial charge < -0.3 is 0 Å². The van der Waals surface area contributed by atoms with Crippen LogP contribution in [-0.4, -0.2) is 36.3 Å². The van der Waals surface area contributed by atoms with Crippen LogP contribution in [0.4, 0.5) is 0 Å². The van der Waals surface area contributed by atoms with Gasteiger partial charge in [0.15, 0.2) is 0 Å². The smallest absolute Gasteiger partial charge is 0.216 e. The van der Waals surface area contributed by atoms with Gasteiger partial charge in [0.05, 0.1) is 24.2 Å². The summed E-state index contributed by atoms with van der Waals surface area (Å²) in [5, 5.41) is 12.0. The largest absolute Gasteiger partial charge is 0.275 e. The van der Waals surface area contributed by atoms with Crippen LogP contribution in [0.15, 0.2) is 64.9 Å². The first-order valence-electron chi connectivity index (χ1n) is 10.7. The van der Waals surface area contributed by atoms with E-state index in [1.165, 1.54) is 0 Å². The van der Waals surface area contributed by atoms with Crippen LogP contribution in [0, 0.1) is 0 Å². The first-order chi connectivity index (χ1) is 15.9. The standard InChI is InChI=1S/C24H24N6O2S/c1-30-15-23(14-28-30)22-10-21-9-20-8-17(2-3-19(20)4-5-24(21)25-13-22)16-33(31,32)29-12-18-6-7-26-27-11-18/h2-5,8,10-11,13-15,29H,6-7,9,12,16H2,1H3. The highest BCUT2D eigenvalue weighted by Crippen LogP contribution is 2.28. The van der Waals surface area contributed by atoms with Crippen molar-refractivity contribution in [1.82, 2.24) is 19.5 Å². The second kappa shape index (κ2) is 8.84. The SMILES string of the molecule is Cn1cc(-c2cnc3c(c2)Cc2cc(CS(=O)(=O)NCC4=CN=NCC4)ccc2C=C3)cn1. The van der Waals surface area contributed by atoms with Gasteiger partial charge in [-0.3, -0.25) is 9.67 Å². The molecule has 3 heterocycles. The maximum atomic E-state index is 12.7. The maximum absolute atomic E-state index is 12.7. The third kappa shape index (κ3) is 4.99. The molecule has 9 heteroatoms. The van der Waals surface area contributed by atoms with E-state index >= 15 is 0 Å². The van der Waals surface area contributed by atoms with Crippen LogP contribution in [0.2, 0.25) is 0 Å². The fourth-order valence-electron chi connectivity index (χ4n) is 4.02. The highest BCUT2D eigenvalue weighted by Gasteiger charge is 2.16. The lowest BCUT2D eigenvalue weighted by Gasteiger charge is -2.12. The Morgan fingerprint density at radius 3 is 2.79 bits per heavy atom. The van der Waals surface area contributed by atoms with Gasteiger partial charge in [-0.2, -0.15) is 15.3 Å². The first-order valence-corrected chi connectivity index (χ1v) is 12.4. The summed E-state index contributed by atoms with van der Waals surface area (Å²) in [5.41, 5.74) is 7.90. The minimum atomic E-state index is -3.47. The molecule has 0 saturated carbocycles. The van der Waals surface area contributed by atoms with E-state index in [9.17, 15) is 8.42 Å². The molecule has 0 fully saturated rings. The van der Waals surface area contributed by atoms with Crippen LogP contribution in [0.1, 0.15) is 34.4 Å². The van der Waals surface area contributed by atoms with E-state index < -0.39 is 10.0 Å². The minimum Gasteiger partial charge on any atom is -0.275 e. The Morgan fingerprint density at radius 2 is 2.00 bits per heavy atom. The van der Waals surface area contributed by atoms with Gasteiger partial charge >= 0.3 is 0 Å². The Labute approximate surface area is 192 Å². The van der Waals surface area contributed by atoms with Crippen molar-refractivity contribution >= 4 is 22.2 Å². The fourth-order valence-corrected chi connectivity index (χ4v) is 5.15. The van der Waals surface area contributed by atoms with Crippen molar-refractivity contribution in [3.8, 4) is 11.1 Å². The van der Waals surface area contributed by atoms with Crippen LogP contribution in [-0.2, 0) is 29.2 Å². The molecule has 0 unspecified atom stereocenters. The highest BCUT2D eigenvalue weighted by atomic mass is 32.2. The van der Waals surface area contributed by atoms with E-state index in [0.29, 0.717) is 13.0 Å². The molecule has 3 aromatic rings. The molecule has 0 amide bonds. The number of rotatable bonds is 6. The number of aryl methyl sites for hydroxylation is 1. The average molecular weight is 461 g/mol. The Kier molecular flexibility index (Phi) is 5.74. The Bertz CT molecular complexity index is 1400. The normalized spacial score (nSPS) is 15.0. The summed E-state index contributed by atoms with van der Waals surface area (Å²) in [4.78, 5) is 4.65. The molecule has 0 spiro atoms. The van der Waals surface area contributed by atoms with Crippen molar-refractivity contribution in [3.63, 3.8) is 0 Å². The molecule has 2 aromatic heterocycles. The predicted molar refractivity (Wildman–Crippen MR) is 128 cm³/mol. The Hall–Kier alpha value is -3.43. The summed E-state index contributed by atoms with van der Waals surface area (Å²) in [6, 6.07) is 7.98. The van der Waals surface area contributed by atoms with Crippen LogP contribution in [0.25, 0.3) is 23.3 Å². The lowest BCUT2D eigenvalue weighted by molar-refractivity contribution is 0.582. The van der Waals surface area contributed by atoms with Crippen molar-refractivity contribution < 1.29 is 8.42 Å². The number of benzene rings is 1. The van der Waals surface area contributed by atoms with Crippen LogP contribution >= 0.6 is 0 Å². The van der Waals surface area contributed by atoms with Gasteiger partial charge in [0.1, 0.15) is 0 Å². The number of hydrogen-bond donors (Lipinski definition) is 1. The number of hydrogen-bond acceptors (Lipinski definition) is 6. The molecule has 0 bridgehead atoms. The summed E-state index contributed by atoms with van der Waals surface area (Å²) in [6.45, 7) is 0.871. The van der Waals surface area contributed by atoms with Gasteiger partial charge in [-0.1, -0.05) is 24.3 Å². The van der Waals surface area contributed by atoms with Gasteiger partial charge in [0.25, 0.3) is 0 Å². The minimum absolute atomic E-state index is 0.0698. The highest BCUT2D eigenvalue weighted by molar-refractivity contribution is 7.88. The molecule has 0 radical (unpaired) electrons. The van der Waals surface area contributed by atoms with Crippen LogP contribution in [0.3, 0.4) is 0 Å². The zero-order valence-corrected chi connectivity index (χ0v) is 19.1.